The highest BCUT2D eigenvalue weighted by atomic mass is 35.5. The molecule has 0 bridgehead atoms. The number of H-pyrrole nitrogens is 1. The lowest BCUT2D eigenvalue weighted by atomic mass is 10.1. The molecule has 1 aromatic carbocycles. The Kier molecular flexibility index (Phi) is 2.70. The van der Waals surface area contributed by atoms with Crippen LogP contribution in [0, 0.1) is 0 Å². The average Bonchev–Trinajstić information content (AvgIpc) is 2.60. The molecule has 4 nitrogen and oxygen atoms in total. The van der Waals surface area contributed by atoms with E-state index in [0.29, 0.717) is 23.7 Å². The smallest absolute Gasteiger partial charge is 0.164 e. The first-order valence-corrected chi connectivity index (χ1v) is 4.97. The summed E-state index contributed by atoms with van der Waals surface area (Å²) in [6.07, 6.45) is 0.348. The molecule has 0 saturated carbocycles. The summed E-state index contributed by atoms with van der Waals surface area (Å²) in [5.74, 6) is 0.0247. The van der Waals surface area contributed by atoms with E-state index in [1.807, 2.05) is 0 Å². The van der Waals surface area contributed by atoms with Crippen LogP contribution in [0.4, 0.5) is 0 Å². The van der Waals surface area contributed by atoms with Gasteiger partial charge in [-0.25, -0.2) is 0 Å². The number of hydrogen-bond donors (Lipinski definition) is 2. The molecule has 0 spiro atoms. The third-order valence-electron chi connectivity index (χ3n) is 2.20. The number of carbonyl (C=O) groups is 1. The summed E-state index contributed by atoms with van der Waals surface area (Å²) in [6, 6.07) is 5.23. The van der Waals surface area contributed by atoms with Gasteiger partial charge in [0.15, 0.2) is 5.78 Å². The maximum atomic E-state index is 11.6. The minimum absolute atomic E-state index is 0.0247. The summed E-state index contributed by atoms with van der Waals surface area (Å²) >= 11 is 5.87. The molecule has 0 radical (unpaired) electrons. The molecular formula is C10H10ClN3O. The van der Waals surface area contributed by atoms with Crippen LogP contribution < -0.4 is 5.73 Å². The van der Waals surface area contributed by atoms with E-state index in [-0.39, 0.29) is 5.78 Å². The Labute approximate surface area is 91.4 Å². The minimum atomic E-state index is 0.0247. The molecule has 0 aliphatic carbocycles. The summed E-state index contributed by atoms with van der Waals surface area (Å²) < 4.78 is 0. The Morgan fingerprint density at radius 3 is 3.07 bits per heavy atom. The van der Waals surface area contributed by atoms with Gasteiger partial charge in [0.25, 0.3) is 0 Å². The summed E-state index contributed by atoms with van der Waals surface area (Å²) in [6.45, 7) is 0.357. The van der Waals surface area contributed by atoms with Gasteiger partial charge in [-0.15, -0.1) is 0 Å². The molecular weight excluding hydrogens is 214 g/mol. The third-order valence-corrected chi connectivity index (χ3v) is 2.49. The van der Waals surface area contributed by atoms with Gasteiger partial charge in [0.2, 0.25) is 0 Å². The van der Waals surface area contributed by atoms with Crippen molar-refractivity contribution in [1.29, 1.82) is 0 Å². The molecule has 2 aromatic rings. The molecule has 0 aliphatic heterocycles. The van der Waals surface area contributed by atoms with Gasteiger partial charge >= 0.3 is 0 Å². The lowest BCUT2D eigenvalue weighted by Gasteiger charge is -1.98. The van der Waals surface area contributed by atoms with Crippen LogP contribution in [-0.2, 0) is 0 Å². The fourth-order valence-electron chi connectivity index (χ4n) is 1.43. The molecule has 0 fully saturated rings. The number of benzene rings is 1. The van der Waals surface area contributed by atoms with E-state index < -0.39 is 0 Å². The number of Topliss-reactive ketones (excluding diaryl/α,β-unsaturated/α-hetero) is 1. The number of rotatable bonds is 3. The van der Waals surface area contributed by atoms with Crippen LogP contribution in [0.3, 0.4) is 0 Å². The van der Waals surface area contributed by atoms with Crippen molar-refractivity contribution in [2.75, 3.05) is 6.54 Å². The van der Waals surface area contributed by atoms with Crippen molar-refractivity contribution < 1.29 is 4.79 Å². The molecule has 1 aromatic heterocycles. The van der Waals surface area contributed by atoms with Crippen molar-refractivity contribution in [2.45, 2.75) is 6.42 Å². The molecule has 1 heterocycles. The number of nitrogens with two attached hydrogens (primary N) is 1. The molecule has 0 atom stereocenters. The molecule has 78 valence electrons. The number of halogens is 1. The Hall–Kier alpha value is -1.39. The Balaban J connectivity index is 2.45. The Morgan fingerprint density at radius 2 is 2.33 bits per heavy atom. The van der Waals surface area contributed by atoms with Crippen molar-refractivity contribution >= 4 is 28.3 Å². The van der Waals surface area contributed by atoms with Crippen LogP contribution in [0.2, 0.25) is 5.15 Å². The lowest BCUT2D eigenvalue weighted by Crippen LogP contribution is -2.07. The normalized spacial score (nSPS) is 10.8. The van der Waals surface area contributed by atoms with Crippen molar-refractivity contribution in [1.82, 2.24) is 10.2 Å². The third kappa shape index (κ3) is 1.86. The second-order valence-electron chi connectivity index (χ2n) is 3.23. The van der Waals surface area contributed by atoms with E-state index in [1.54, 1.807) is 18.2 Å². The summed E-state index contributed by atoms with van der Waals surface area (Å²) in [5.41, 5.74) is 6.70. The van der Waals surface area contributed by atoms with Crippen molar-refractivity contribution in [2.24, 2.45) is 5.73 Å². The van der Waals surface area contributed by atoms with E-state index in [4.69, 9.17) is 17.3 Å². The van der Waals surface area contributed by atoms with E-state index in [2.05, 4.69) is 10.2 Å². The molecule has 0 amide bonds. The zero-order valence-electron chi connectivity index (χ0n) is 7.96. The molecule has 0 unspecified atom stereocenters. The van der Waals surface area contributed by atoms with Crippen LogP contribution in [0.5, 0.6) is 0 Å². The number of nitrogens with one attached hydrogen (secondary N) is 1. The second-order valence-corrected chi connectivity index (χ2v) is 3.61. The number of carbonyl (C=O) groups excluding carboxylic acids is 1. The van der Waals surface area contributed by atoms with Gasteiger partial charge < -0.3 is 5.73 Å². The number of aromatic nitrogens is 2. The zero-order valence-corrected chi connectivity index (χ0v) is 8.71. The number of fused-ring (bicyclic) bond motifs is 1. The fourth-order valence-corrected chi connectivity index (χ4v) is 1.62. The van der Waals surface area contributed by atoms with Gasteiger partial charge in [-0.05, 0) is 24.7 Å². The van der Waals surface area contributed by atoms with Crippen LogP contribution in [-0.4, -0.2) is 22.5 Å². The van der Waals surface area contributed by atoms with E-state index in [0.717, 1.165) is 10.9 Å². The van der Waals surface area contributed by atoms with Crippen molar-refractivity contribution in [3.63, 3.8) is 0 Å². The Bertz CT molecular complexity index is 506. The number of nitrogens with zero attached hydrogens (tertiary/aromatic N) is 1. The molecule has 15 heavy (non-hydrogen) atoms. The van der Waals surface area contributed by atoms with Crippen LogP contribution in [0.1, 0.15) is 16.8 Å². The summed E-state index contributed by atoms with van der Waals surface area (Å²) in [5, 5.41) is 7.84. The second kappa shape index (κ2) is 4.00. The van der Waals surface area contributed by atoms with Gasteiger partial charge in [-0.2, -0.15) is 5.10 Å². The van der Waals surface area contributed by atoms with Crippen molar-refractivity contribution in [3.8, 4) is 0 Å². The number of hydrogen-bond acceptors (Lipinski definition) is 3. The zero-order chi connectivity index (χ0) is 10.8. The topological polar surface area (TPSA) is 71.8 Å². The van der Waals surface area contributed by atoms with Gasteiger partial charge in [0.05, 0.1) is 5.52 Å². The fraction of sp³-hybridized carbons (Fsp3) is 0.200. The maximum Gasteiger partial charge on any atom is 0.164 e. The quantitative estimate of drug-likeness (QED) is 0.779. The van der Waals surface area contributed by atoms with Crippen LogP contribution >= 0.6 is 11.6 Å². The standard InChI is InChI=1S/C10H10ClN3O/c11-10-7-5-6(9(15)3-4-12)1-2-8(7)13-14-10/h1-2,5H,3-4,12H2,(H,13,14). The summed E-state index contributed by atoms with van der Waals surface area (Å²) in [4.78, 5) is 11.6. The first-order chi connectivity index (χ1) is 7.22. The highest BCUT2D eigenvalue weighted by molar-refractivity contribution is 6.34. The van der Waals surface area contributed by atoms with Crippen molar-refractivity contribution in [3.05, 3.63) is 28.9 Å². The maximum absolute atomic E-state index is 11.6. The number of ketones is 1. The monoisotopic (exact) mass is 223 g/mol. The summed E-state index contributed by atoms with van der Waals surface area (Å²) in [7, 11) is 0. The number of aromatic amines is 1. The first kappa shape index (κ1) is 10.1. The molecule has 5 heteroatoms. The predicted octanol–water partition coefficient (Wildman–Crippen LogP) is 1.75. The largest absolute Gasteiger partial charge is 0.330 e. The predicted molar refractivity (Wildman–Crippen MR) is 59.1 cm³/mol. The minimum Gasteiger partial charge on any atom is -0.330 e. The molecule has 0 saturated heterocycles. The average molecular weight is 224 g/mol. The molecule has 3 N–H and O–H groups in total. The van der Waals surface area contributed by atoms with Crippen LogP contribution in [0.25, 0.3) is 10.9 Å². The van der Waals surface area contributed by atoms with Gasteiger partial charge in [0, 0.05) is 17.4 Å². The van der Waals surface area contributed by atoms with E-state index >= 15 is 0 Å². The van der Waals surface area contributed by atoms with E-state index in [9.17, 15) is 4.79 Å². The van der Waals surface area contributed by atoms with Gasteiger partial charge in [-0.1, -0.05) is 11.6 Å². The molecule has 2 rings (SSSR count). The lowest BCUT2D eigenvalue weighted by molar-refractivity contribution is 0.0985. The Morgan fingerprint density at radius 1 is 1.53 bits per heavy atom. The molecule has 0 aliphatic rings. The van der Waals surface area contributed by atoms with Gasteiger partial charge in [-0.3, -0.25) is 9.89 Å². The highest BCUT2D eigenvalue weighted by Crippen LogP contribution is 2.21. The SMILES string of the molecule is NCCC(=O)c1ccc2n[nH]c(Cl)c2c1. The van der Waals surface area contributed by atoms with Crippen LogP contribution in [0.15, 0.2) is 18.2 Å². The first-order valence-electron chi connectivity index (χ1n) is 4.59. The van der Waals surface area contributed by atoms with E-state index in [1.165, 1.54) is 0 Å². The highest BCUT2D eigenvalue weighted by Gasteiger charge is 2.08. The van der Waals surface area contributed by atoms with Gasteiger partial charge in [0.1, 0.15) is 5.15 Å².